The summed E-state index contributed by atoms with van der Waals surface area (Å²) in [6.45, 7) is 3.87. The molecular weight excluding hydrogens is 477 g/mol. The van der Waals surface area contributed by atoms with Crippen LogP contribution in [0.5, 0.6) is 0 Å². The lowest BCUT2D eigenvalue weighted by atomic mass is 10.00. The van der Waals surface area contributed by atoms with E-state index in [2.05, 4.69) is 25.8 Å². The molecule has 0 aliphatic carbocycles. The molecule has 12 heteroatoms. The van der Waals surface area contributed by atoms with Crippen LogP contribution in [0.15, 0.2) is 41.5 Å². The Morgan fingerprint density at radius 2 is 1.92 bits per heavy atom. The van der Waals surface area contributed by atoms with Gasteiger partial charge in [0.25, 0.3) is 11.5 Å². The van der Waals surface area contributed by atoms with Crippen LogP contribution in [0.25, 0.3) is 27.9 Å². The number of carbonyl (C=O) groups excluding carboxylic acids is 1. The van der Waals surface area contributed by atoms with Crippen molar-refractivity contribution in [2.24, 2.45) is 14.1 Å². The topological polar surface area (TPSA) is 115 Å². The molecule has 0 spiro atoms. The zero-order chi connectivity index (χ0) is 26.6. The number of carbonyl (C=O) groups is 1. The molecule has 0 fully saturated rings. The van der Waals surface area contributed by atoms with Crippen molar-refractivity contribution in [2.45, 2.75) is 19.9 Å². The van der Waals surface area contributed by atoms with Gasteiger partial charge in [-0.05, 0) is 59.7 Å². The molecular formula is C25H26FN9O2. The van der Waals surface area contributed by atoms with Gasteiger partial charge in [-0.25, -0.2) is 14.1 Å². The van der Waals surface area contributed by atoms with Crippen molar-refractivity contribution in [2.75, 3.05) is 19.4 Å². The van der Waals surface area contributed by atoms with Gasteiger partial charge in [-0.1, -0.05) is 6.07 Å². The number of tetrazole rings is 1. The average Bonchev–Trinajstić information content (AvgIpc) is 3.49. The summed E-state index contributed by atoms with van der Waals surface area (Å²) in [6, 6.07) is 7.85. The predicted octanol–water partition coefficient (Wildman–Crippen LogP) is 2.70. The highest BCUT2D eigenvalue weighted by molar-refractivity contribution is 5.99. The number of amides is 1. The van der Waals surface area contributed by atoms with Gasteiger partial charge in [-0.15, -0.1) is 5.10 Å². The lowest BCUT2D eigenvalue weighted by molar-refractivity contribution is 0.0824. The van der Waals surface area contributed by atoms with Gasteiger partial charge in [0, 0.05) is 39.4 Å². The van der Waals surface area contributed by atoms with E-state index >= 15 is 0 Å². The zero-order valence-corrected chi connectivity index (χ0v) is 21.3. The fourth-order valence-electron chi connectivity index (χ4n) is 4.63. The summed E-state index contributed by atoms with van der Waals surface area (Å²) >= 11 is 0. The van der Waals surface area contributed by atoms with Gasteiger partial charge in [0.15, 0.2) is 17.2 Å². The molecule has 0 saturated heterocycles. The second kappa shape index (κ2) is 8.80. The maximum atomic E-state index is 14.2. The van der Waals surface area contributed by atoms with Crippen LogP contribution in [0, 0.1) is 12.7 Å². The number of fused-ring (bicyclic) bond motifs is 3. The largest absolute Gasteiger partial charge is 0.378 e. The molecule has 11 nitrogen and oxygen atoms in total. The van der Waals surface area contributed by atoms with Crippen LogP contribution in [0.1, 0.15) is 34.6 Å². The second-order valence-corrected chi connectivity index (χ2v) is 9.28. The molecule has 0 saturated carbocycles. The third-order valence-corrected chi connectivity index (χ3v) is 6.41. The first-order valence-electron chi connectivity index (χ1n) is 11.6. The van der Waals surface area contributed by atoms with E-state index in [1.807, 2.05) is 26.0 Å². The number of rotatable bonds is 5. The molecule has 1 amide bonds. The molecule has 0 aliphatic rings. The van der Waals surface area contributed by atoms with Crippen molar-refractivity contribution < 1.29 is 9.18 Å². The molecule has 3 aromatic heterocycles. The van der Waals surface area contributed by atoms with Crippen LogP contribution in [-0.4, -0.2) is 59.1 Å². The van der Waals surface area contributed by atoms with Gasteiger partial charge in [0.2, 0.25) is 0 Å². The quantitative estimate of drug-likeness (QED) is 0.392. The molecule has 1 unspecified atom stereocenters. The van der Waals surface area contributed by atoms with Crippen LogP contribution in [0.4, 0.5) is 10.1 Å². The van der Waals surface area contributed by atoms with E-state index in [1.54, 1.807) is 45.0 Å². The van der Waals surface area contributed by atoms with Crippen molar-refractivity contribution >= 4 is 28.1 Å². The molecule has 3 heterocycles. The highest BCUT2D eigenvalue weighted by Gasteiger charge is 2.24. The number of halogens is 1. The number of anilines is 1. The summed E-state index contributed by atoms with van der Waals surface area (Å²) in [6.07, 6.45) is 1.56. The van der Waals surface area contributed by atoms with Crippen molar-refractivity contribution in [1.82, 2.24) is 39.1 Å². The molecule has 1 atom stereocenters. The number of nitrogens with one attached hydrogen (secondary N) is 1. The van der Waals surface area contributed by atoms with E-state index in [4.69, 9.17) is 0 Å². The first-order valence-corrected chi connectivity index (χ1v) is 11.6. The van der Waals surface area contributed by atoms with Gasteiger partial charge in [0.1, 0.15) is 12.1 Å². The van der Waals surface area contributed by atoms with Crippen LogP contribution >= 0.6 is 0 Å². The van der Waals surface area contributed by atoms with Gasteiger partial charge < -0.3 is 10.2 Å². The first kappa shape index (κ1) is 24.1. The van der Waals surface area contributed by atoms with E-state index < -0.39 is 5.82 Å². The molecule has 37 heavy (non-hydrogen) atoms. The zero-order valence-electron chi connectivity index (χ0n) is 21.3. The summed E-state index contributed by atoms with van der Waals surface area (Å²) in [7, 11) is 6.59. The molecule has 0 radical (unpaired) electrons. The van der Waals surface area contributed by atoms with Crippen molar-refractivity contribution in [3.63, 3.8) is 0 Å². The number of benzene rings is 2. The summed E-state index contributed by atoms with van der Waals surface area (Å²) in [5, 5.41) is 15.5. The Hall–Kier alpha value is -4.61. The van der Waals surface area contributed by atoms with Crippen LogP contribution in [-0.2, 0) is 14.1 Å². The Bertz CT molecular complexity index is 1750. The molecule has 190 valence electrons. The minimum Gasteiger partial charge on any atom is -0.378 e. The summed E-state index contributed by atoms with van der Waals surface area (Å²) in [5.74, 6) is -0.315. The minimum absolute atomic E-state index is 0.189. The maximum absolute atomic E-state index is 14.2. The fourth-order valence-corrected chi connectivity index (χ4v) is 4.63. The number of nitrogens with zero attached hydrogens (tertiary/aromatic N) is 8. The number of imidazole rings is 1. The van der Waals surface area contributed by atoms with Gasteiger partial charge in [-0.2, -0.15) is 0 Å². The lowest BCUT2D eigenvalue weighted by Gasteiger charge is -2.21. The van der Waals surface area contributed by atoms with Crippen molar-refractivity contribution in [1.29, 1.82) is 0 Å². The Morgan fingerprint density at radius 1 is 1.16 bits per heavy atom. The summed E-state index contributed by atoms with van der Waals surface area (Å²) < 4.78 is 18.9. The highest BCUT2D eigenvalue weighted by Crippen LogP contribution is 2.33. The van der Waals surface area contributed by atoms with Gasteiger partial charge >= 0.3 is 0 Å². The third-order valence-electron chi connectivity index (χ3n) is 6.41. The lowest BCUT2D eigenvalue weighted by Crippen LogP contribution is -2.26. The van der Waals surface area contributed by atoms with Crippen molar-refractivity contribution in [3.05, 3.63) is 69.7 Å². The summed E-state index contributed by atoms with van der Waals surface area (Å²) in [4.78, 5) is 32.1. The van der Waals surface area contributed by atoms with Crippen LogP contribution < -0.4 is 10.9 Å². The Balaban J connectivity index is 1.72. The van der Waals surface area contributed by atoms with Crippen LogP contribution in [0.2, 0.25) is 0 Å². The molecule has 2 aromatic carbocycles. The van der Waals surface area contributed by atoms with Crippen molar-refractivity contribution in [3.8, 4) is 11.4 Å². The SMILES string of the molecule is Cc1cc(C(C)Nc2ccc(F)cc2-c2nnnn2C)c2c(c1)c(=O)n(C)c1c(C(=O)N(C)C)ncn21. The fraction of sp³-hybridized carbons (Fsp3) is 0.280. The normalized spacial score (nSPS) is 12.3. The highest BCUT2D eigenvalue weighted by atomic mass is 19.1. The Labute approximate surface area is 211 Å². The minimum atomic E-state index is -0.418. The van der Waals surface area contributed by atoms with E-state index in [0.29, 0.717) is 33.6 Å². The first-order chi connectivity index (χ1) is 17.6. The standard InChI is InChI=1S/C25H26FN9O2/c1-13-9-16(14(2)28-19-8-7-15(26)11-17(19)22-29-30-31-34(22)6)21-18(10-13)24(36)33(5)23-20(25(37)32(3)4)27-12-35(21)23/h7-12,14,28H,1-6H3. The molecule has 5 rings (SSSR count). The van der Waals surface area contributed by atoms with Gasteiger partial charge in [0.05, 0.1) is 16.9 Å². The molecule has 0 aliphatic heterocycles. The van der Waals surface area contributed by atoms with Crippen LogP contribution in [0.3, 0.4) is 0 Å². The van der Waals surface area contributed by atoms with E-state index in [-0.39, 0.29) is 23.2 Å². The smallest absolute Gasteiger partial charge is 0.275 e. The number of aryl methyl sites for hydroxylation is 3. The monoisotopic (exact) mass is 503 g/mol. The number of hydrogen-bond acceptors (Lipinski definition) is 7. The molecule has 5 aromatic rings. The molecule has 0 bridgehead atoms. The second-order valence-electron chi connectivity index (χ2n) is 9.28. The Morgan fingerprint density at radius 3 is 2.59 bits per heavy atom. The molecule has 1 N–H and O–H groups in total. The predicted molar refractivity (Wildman–Crippen MR) is 137 cm³/mol. The van der Waals surface area contributed by atoms with Gasteiger partial charge in [-0.3, -0.25) is 18.6 Å². The number of hydrogen-bond donors (Lipinski definition) is 1. The maximum Gasteiger partial charge on any atom is 0.275 e. The van der Waals surface area contributed by atoms with E-state index in [1.165, 1.54) is 26.3 Å². The average molecular weight is 504 g/mol. The van der Waals surface area contributed by atoms with E-state index in [0.717, 1.165) is 11.1 Å². The van der Waals surface area contributed by atoms with E-state index in [9.17, 15) is 14.0 Å². The Kier molecular flexibility index (Phi) is 5.73. The number of aromatic nitrogens is 7. The third kappa shape index (κ3) is 3.90. The summed E-state index contributed by atoms with van der Waals surface area (Å²) in [5.41, 5.74) is 3.82.